The number of nitrogens with zero attached hydrogens (tertiary/aromatic N) is 5. The fourth-order valence-electron chi connectivity index (χ4n) is 4.68. The monoisotopic (exact) mass is 479 g/mol. The van der Waals surface area contributed by atoms with E-state index in [1.807, 2.05) is 6.07 Å². The number of pyridine rings is 1. The van der Waals surface area contributed by atoms with Gasteiger partial charge in [-0.3, -0.25) is 14.6 Å². The van der Waals surface area contributed by atoms with Crippen molar-refractivity contribution in [3.05, 3.63) is 58.0 Å². The van der Waals surface area contributed by atoms with Gasteiger partial charge in [-0.2, -0.15) is 4.98 Å². The number of nitrogens with one attached hydrogen (secondary N) is 1. The summed E-state index contributed by atoms with van der Waals surface area (Å²) in [7, 11) is 0. The minimum absolute atomic E-state index is 0.126. The highest BCUT2D eigenvalue weighted by Gasteiger charge is 2.17. The van der Waals surface area contributed by atoms with E-state index in [4.69, 9.17) is 10.8 Å². The number of rotatable bonds is 10. The van der Waals surface area contributed by atoms with Crippen molar-refractivity contribution in [3.8, 4) is 0 Å². The summed E-state index contributed by atoms with van der Waals surface area (Å²) >= 11 is 0. The van der Waals surface area contributed by atoms with Crippen molar-refractivity contribution < 1.29 is 5.11 Å². The molecule has 1 aromatic carbocycles. The molecule has 0 saturated carbocycles. The first-order chi connectivity index (χ1) is 17.0. The molecular formula is C26H37N7O2. The molecule has 0 aliphatic carbocycles. The predicted octanol–water partition coefficient (Wildman–Crippen LogP) is 2.13. The summed E-state index contributed by atoms with van der Waals surface area (Å²) in [5, 5.41) is 12.9. The summed E-state index contributed by atoms with van der Waals surface area (Å²) in [5.74, 6) is 0.661. The summed E-state index contributed by atoms with van der Waals surface area (Å²) in [5.41, 5.74) is 8.65. The smallest absolute Gasteiger partial charge is 0.264 e. The van der Waals surface area contributed by atoms with Crippen LogP contribution in [0.1, 0.15) is 37.8 Å². The fraction of sp³-hybridized carbons (Fsp3) is 0.500. The van der Waals surface area contributed by atoms with E-state index in [0.29, 0.717) is 23.3 Å². The number of anilines is 2. The molecule has 2 aromatic heterocycles. The summed E-state index contributed by atoms with van der Waals surface area (Å²) in [6, 6.07) is 10.5. The van der Waals surface area contributed by atoms with Crippen molar-refractivity contribution in [2.75, 3.05) is 50.4 Å². The van der Waals surface area contributed by atoms with Gasteiger partial charge >= 0.3 is 0 Å². The van der Waals surface area contributed by atoms with Gasteiger partial charge in [0.25, 0.3) is 5.56 Å². The average molecular weight is 480 g/mol. The van der Waals surface area contributed by atoms with E-state index in [1.165, 1.54) is 5.56 Å². The quantitative estimate of drug-likeness (QED) is 0.405. The topological polar surface area (TPSA) is 113 Å². The number of aliphatic hydroxyl groups excluding tert-OH is 1. The van der Waals surface area contributed by atoms with Crippen molar-refractivity contribution >= 4 is 22.7 Å². The molecule has 1 fully saturated rings. The lowest BCUT2D eigenvalue weighted by Gasteiger charge is -2.34. The van der Waals surface area contributed by atoms with Crippen molar-refractivity contribution in [1.29, 1.82) is 0 Å². The first kappa shape index (κ1) is 25.1. The van der Waals surface area contributed by atoms with E-state index in [9.17, 15) is 4.79 Å². The second kappa shape index (κ2) is 11.6. The molecule has 9 heteroatoms. The zero-order chi connectivity index (χ0) is 24.8. The van der Waals surface area contributed by atoms with Crippen molar-refractivity contribution in [2.45, 2.75) is 45.8 Å². The number of nitrogen functional groups attached to an aromatic ring is 1. The van der Waals surface area contributed by atoms with Gasteiger partial charge in [-0.1, -0.05) is 37.6 Å². The van der Waals surface area contributed by atoms with E-state index in [2.05, 4.69) is 63.2 Å². The molecule has 3 aromatic rings. The fourth-order valence-corrected chi connectivity index (χ4v) is 4.68. The molecule has 1 aliphatic heterocycles. The van der Waals surface area contributed by atoms with Crippen molar-refractivity contribution in [2.24, 2.45) is 0 Å². The van der Waals surface area contributed by atoms with Gasteiger partial charge in [-0.25, -0.2) is 4.98 Å². The van der Waals surface area contributed by atoms with Crippen LogP contribution < -0.4 is 16.6 Å². The molecule has 0 spiro atoms. The highest BCUT2D eigenvalue weighted by Crippen LogP contribution is 2.20. The third kappa shape index (κ3) is 6.36. The maximum atomic E-state index is 13.4. The number of hydrogen-bond acceptors (Lipinski definition) is 8. The molecule has 4 N–H and O–H groups in total. The molecule has 188 valence electrons. The Labute approximate surface area is 206 Å². The van der Waals surface area contributed by atoms with Gasteiger partial charge in [0.1, 0.15) is 11.2 Å². The van der Waals surface area contributed by atoms with Gasteiger partial charge in [-0.05, 0) is 30.5 Å². The van der Waals surface area contributed by atoms with E-state index >= 15 is 0 Å². The van der Waals surface area contributed by atoms with Gasteiger partial charge in [0.2, 0.25) is 5.95 Å². The Bertz CT molecular complexity index is 1170. The van der Waals surface area contributed by atoms with Crippen molar-refractivity contribution in [1.82, 2.24) is 24.3 Å². The zero-order valence-corrected chi connectivity index (χ0v) is 20.8. The Morgan fingerprint density at radius 3 is 2.34 bits per heavy atom. The maximum Gasteiger partial charge on any atom is 0.264 e. The molecule has 1 saturated heterocycles. The van der Waals surface area contributed by atoms with Gasteiger partial charge < -0.3 is 20.7 Å². The first-order valence-electron chi connectivity index (χ1n) is 12.5. The lowest BCUT2D eigenvalue weighted by Crippen LogP contribution is -2.46. The molecule has 1 atom stereocenters. The normalized spacial score (nSPS) is 16.0. The molecule has 0 bridgehead atoms. The number of fused-ring (bicyclic) bond motifs is 1. The average Bonchev–Trinajstić information content (AvgIpc) is 2.83. The molecule has 0 unspecified atom stereocenters. The lowest BCUT2D eigenvalue weighted by molar-refractivity contribution is 0.108. The number of aromatic nitrogens is 3. The van der Waals surface area contributed by atoms with Crippen LogP contribution in [0.3, 0.4) is 0 Å². The molecule has 1 aliphatic rings. The number of β-amino-alcohol motifs (C(OH)–C–C–N with tert-alkyl or cyclic N) is 1. The van der Waals surface area contributed by atoms with Crippen LogP contribution in [0.2, 0.25) is 0 Å². The van der Waals surface area contributed by atoms with Crippen LogP contribution in [0.25, 0.3) is 10.9 Å². The Kier molecular flexibility index (Phi) is 8.33. The van der Waals surface area contributed by atoms with Crippen LogP contribution in [0.15, 0.2) is 41.3 Å². The number of piperazine rings is 1. The standard InChI is InChI=1S/C26H37N7O2/c1-3-4-19(2)28-24-23-22(29-26(27)30-24)9-10-33(25(23)35)18-21-7-5-20(6-8-21)17-32-13-11-31(12-14-32)15-16-34/h5-10,19,34H,3-4,11-18H2,1-2H3,(H3,27,28,29,30)/t19-/m1/s1. The summed E-state index contributed by atoms with van der Waals surface area (Å²) in [6.07, 6.45) is 3.78. The maximum absolute atomic E-state index is 13.4. The summed E-state index contributed by atoms with van der Waals surface area (Å²) in [4.78, 5) is 26.7. The second-order valence-electron chi connectivity index (χ2n) is 9.43. The van der Waals surface area contributed by atoms with E-state index < -0.39 is 0 Å². The van der Waals surface area contributed by atoms with Crippen LogP contribution in [-0.4, -0.2) is 74.8 Å². The molecule has 0 amide bonds. The summed E-state index contributed by atoms with van der Waals surface area (Å²) < 4.78 is 1.70. The van der Waals surface area contributed by atoms with Gasteiger partial charge in [-0.15, -0.1) is 0 Å². The molecular weight excluding hydrogens is 442 g/mol. The van der Waals surface area contributed by atoms with Crippen LogP contribution in [0.4, 0.5) is 11.8 Å². The molecule has 3 heterocycles. The SMILES string of the molecule is CCC[C@@H](C)Nc1nc(N)nc2ccn(Cc3ccc(CN4CCN(CCO)CC4)cc3)c(=O)c12. The van der Waals surface area contributed by atoms with E-state index in [-0.39, 0.29) is 24.2 Å². The van der Waals surface area contributed by atoms with Crippen LogP contribution in [-0.2, 0) is 13.1 Å². The van der Waals surface area contributed by atoms with Crippen LogP contribution >= 0.6 is 0 Å². The minimum atomic E-state index is -0.126. The van der Waals surface area contributed by atoms with Crippen molar-refractivity contribution in [3.63, 3.8) is 0 Å². The third-order valence-electron chi connectivity index (χ3n) is 6.61. The number of hydrogen-bond donors (Lipinski definition) is 3. The highest BCUT2D eigenvalue weighted by molar-refractivity contribution is 5.89. The van der Waals surface area contributed by atoms with Gasteiger partial charge in [0.05, 0.1) is 18.7 Å². The molecule has 4 rings (SSSR count). The Hall–Kier alpha value is -3.01. The molecule has 35 heavy (non-hydrogen) atoms. The van der Waals surface area contributed by atoms with Gasteiger partial charge in [0.15, 0.2) is 0 Å². The third-order valence-corrected chi connectivity index (χ3v) is 6.61. The van der Waals surface area contributed by atoms with Gasteiger partial charge in [0, 0.05) is 51.5 Å². The van der Waals surface area contributed by atoms with Crippen LogP contribution in [0, 0.1) is 0 Å². The van der Waals surface area contributed by atoms with E-state index in [0.717, 1.165) is 57.7 Å². The molecule has 9 nitrogen and oxygen atoms in total. The lowest BCUT2D eigenvalue weighted by atomic mass is 10.1. The zero-order valence-electron chi connectivity index (χ0n) is 20.8. The molecule has 0 radical (unpaired) electrons. The Morgan fingerprint density at radius 1 is 1.03 bits per heavy atom. The Balaban J connectivity index is 1.47. The van der Waals surface area contributed by atoms with E-state index in [1.54, 1.807) is 10.8 Å². The second-order valence-corrected chi connectivity index (χ2v) is 9.43. The Morgan fingerprint density at radius 2 is 1.69 bits per heavy atom. The highest BCUT2D eigenvalue weighted by atomic mass is 16.3. The largest absolute Gasteiger partial charge is 0.395 e. The number of nitrogens with two attached hydrogens (primary N) is 1. The minimum Gasteiger partial charge on any atom is -0.395 e. The number of benzene rings is 1. The first-order valence-corrected chi connectivity index (χ1v) is 12.5. The summed E-state index contributed by atoms with van der Waals surface area (Å²) in [6.45, 7) is 10.6. The van der Waals surface area contributed by atoms with Crippen LogP contribution in [0.5, 0.6) is 0 Å². The predicted molar refractivity (Wildman–Crippen MR) is 141 cm³/mol. The number of aliphatic hydroxyl groups is 1.